The van der Waals surface area contributed by atoms with Crippen molar-refractivity contribution in [1.82, 2.24) is 0 Å². The maximum absolute atomic E-state index is 6.45. The number of thiophene rings is 1. The van der Waals surface area contributed by atoms with E-state index in [1.54, 1.807) is 11.3 Å². The van der Waals surface area contributed by atoms with Crippen LogP contribution in [0.3, 0.4) is 0 Å². The zero-order valence-corrected chi connectivity index (χ0v) is 11.9. The molecule has 1 aromatic heterocycles. The summed E-state index contributed by atoms with van der Waals surface area (Å²) < 4.78 is 6.29. The molecular weight excluding hydrogens is 319 g/mol. The van der Waals surface area contributed by atoms with Gasteiger partial charge in [0, 0.05) is 18.1 Å². The molecule has 1 unspecified atom stereocenters. The van der Waals surface area contributed by atoms with E-state index in [0.29, 0.717) is 5.92 Å². The minimum Gasteiger partial charge on any atom is -0.381 e. The zero-order valence-electron chi connectivity index (χ0n) is 8.01. The fraction of sp³-hybridized carbons (Fsp3) is 0.600. The van der Waals surface area contributed by atoms with Crippen LogP contribution in [0, 0.1) is 5.92 Å². The van der Waals surface area contributed by atoms with Gasteiger partial charge in [-0.05, 0) is 40.8 Å². The first-order chi connectivity index (χ1) is 7.18. The van der Waals surface area contributed by atoms with Gasteiger partial charge in [0.05, 0.1) is 14.2 Å². The second kappa shape index (κ2) is 5.37. The molecule has 1 nitrogen and oxygen atoms in total. The molecule has 0 aromatic carbocycles. The number of halogens is 3. The van der Waals surface area contributed by atoms with Gasteiger partial charge in [0.15, 0.2) is 0 Å². The van der Waals surface area contributed by atoms with Crippen molar-refractivity contribution in [2.45, 2.75) is 18.2 Å². The molecule has 0 saturated carbocycles. The fourth-order valence-electron chi connectivity index (χ4n) is 1.74. The van der Waals surface area contributed by atoms with E-state index in [2.05, 4.69) is 15.9 Å². The van der Waals surface area contributed by atoms with E-state index in [9.17, 15) is 0 Å². The first-order valence-corrected chi connectivity index (χ1v) is 7.27. The molecule has 0 aliphatic carbocycles. The molecule has 1 aliphatic rings. The lowest BCUT2D eigenvalue weighted by Gasteiger charge is -2.25. The van der Waals surface area contributed by atoms with E-state index in [1.165, 1.54) is 0 Å². The molecule has 0 spiro atoms. The van der Waals surface area contributed by atoms with Crippen molar-refractivity contribution in [3.05, 3.63) is 19.8 Å². The highest BCUT2D eigenvalue weighted by Crippen LogP contribution is 2.42. The largest absolute Gasteiger partial charge is 0.381 e. The molecule has 5 heteroatoms. The summed E-state index contributed by atoms with van der Waals surface area (Å²) >= 11 is 17.5. The minimum atomic E-state index is 0.0719. The lowest BCUT2D eigenvalue weighted by atomic mass is 9.95. The molecule has 1 saturated heterocycles. The van der Waals surface area contributed by atoms with Gasteiger partial charge in [-0.2, -0.15) is 0 Å². The quantitative estimate of drug-likeness (QED) is 0.703. The summed E-state index contributed by atoms with van der Waals surface area (Å²) in [7, 11) is 0. The Morgan fingerprint density at radius 2 is 2.13 bits per heavy atom. The van der Waals surface area contributed by atoms with Crippen LogP contribution in [0.2, 0.25) is 5.02 Å². The Morgan fingerprint density at radius 1 is 1.47 bits per heavy atom. The third-order valence-corrected chi connectivity index (χ3v) is 5.89. The van der Waals surface area contributed by atoms with Gasteiger partial charge in [-0.1, -0.05) is 11.6 Å². The molecular formula is C10H11BrCl2OS. The summed E-state index contributed by atoms with van der Waals surface area (Å²) in [5.74, 6) is 0.516. The Hall–Kier alpha value is 0.720. The smallest absolute Gasteiger partial charge is 0.0887 e. The Labute approximate surface area is 112 Å². The van der Waals surface area contributed by atoms with Crippen molar-refractivity contribution in [2.75, 3.05) is 13.2 Å². The van der Waals surface area contributed by atoms with Crippen LogP contribution in [0.5, 0.6) is 0 Å². The average molecular weight is 330 g/mol. The van der Waals surface area contributed by atoms with Gasteiger partial charge in [0.1, 0.15) is 0 Å². The van der Waals surface area contributed by atoms with Crippen molar-refractivity contribution in [3.8, 4) is 0 Å². The third-order valence-electron chi connectivity index (χ3n) is 2.62. The van der Waals surface area contributed by atoms with Gasteiger partial charge in [0.2, 0.25) is 0 Å². The molecule has 2 rings (SSSR count). The van der Waals surface area contributed by atoms with E-state index >= 15 is 0 Å². The van der Waals surface area contributed by atoms with Crippen LogP contribution in [0.4, 0.5) is 0 Å². The van der Waals surface area contributed by atoms with Crippen LogP contribution < -0.4 is 0 Å². The topological polar surface area (TPSA) is 9.23 Å². The van der Waals surface area contributed by atoms with E-state index in [4.69, 9.17) is 27.9 Å². The summed E-state index contributed by atoms with van der Waals surface area (Å²) in [6.07, 6.45) is 2.09. The minimum absolute atomic E-state index is 0.0719. The molecule has 2 heterocycles. The number of hydrogen-bond acceptors (Lipinski definition) is 2. The summed E-state index contributed by atoms with van der Waals surface area (Å²) in [6.45, 7) is 1.66. The van der Waals surface area contributed by atoms with Gasteiger partial charge in [0.25, 0.3) is 0 Å². The normalized spacial score (nSPS) is 20.5. The Kier molecular flexibility index (Phi) is 4.36. The monoisotopic (exact) mass is 328 g/mol. The van der Waals surface area contributed by atoms with Crippen LogP contribution in [0.15, 0.2) is 9.85 Å². The molecule has 0 radical (unpaired) electrons. The van der Waals surface area contributed by atoms with Gasteiger partial charge in [-0.25, -0.2) is 0 Å². The SMILES string of the molecule is Clc1cc(C(Cl)C2CCOCC2)sc1Br. The fourth-order valence-corrected chi connectivity index (χ4v) is 4.01. The first-order valence-electron chi connectivity index (χ1n) is 4.85. The number of ether oxygens (including phenoxy) is 1. The lowest BCUT2D eigenvalue weighted by molar-refractivity contribution is 0.0653. The molecule has 0 bridgehead atoms. The predicted octanol–water partition coefficient (Wildman–Crippen LogP) is 4.87. The summed E-state index contributed by atoms with van der Waals surface area (Å²) in [5, 5.41) is 0.829. The van der Waals surface area contributed by atoms with Crippen LogP contribution in [0.25, 0.3) is 0 Å². The summed E-state index contributed by atoms with van der Waals surface area (Å²) in [5.41, 5.74) is 0. The molecule has 1 aliphatic heterocycles. The number of hydrogen-bond donors (Lipinski definition) is 0. The van der Waals surface area contributed by atoms with Crippen molar-refractivity contribution in [2.24, 2.45) is 5.92 Å². The van der Waals surface area contributed by atoms with Crippen molar-refractivity contribution in [3.63, 3.8) is 0 Å². The van der Waals surface area contributed by atoms with E-state index in [-0.39, 0.29) is 5.38 Å². The first kappa shape index (κ1) is 12.2. The maximum Gasteiger partial charge on any atom is 0.0887 e. The second-order valence-electron chi connectivity index (χ2n) is 3.62. The molecule has 1 aromatic rings. The van der Waals surface area contributed by atoms with E-state index in [1.807, 2.05) is 6.07 Å². The van der Waals surface area contributed by atoms with Gasteiger partial charge < -0.3 is 4.74 Å². The number of rotatable bonds is 2. The third kappa shape index (κ3) is 2.89. The highest BCUT2D eigenvalue weighted by Gasteiger charge is 2.25. The van der Waals surface area contributed by atoms with Crippen LogP contribution in [-0.2, 0) is 4.74 Å². The molecule has 84 valence electrons. The highest BCUT2D eigenvalue weighted by atomic mass is 79.9. The van der Waals surface area contributed by atoms with Crippen molar-refractivity contribution >= 4 is 50.5 Å². The summed E-state index contributed by atoms with van der Waals surface area (Å²) in [6, 6.07) is 1.96. The van der Waals surface area contributed by atoms with Crippen molar-refractivity contribution in [1.29, 1.82) is 0 Å². The predicted molar refractivity (Wildman–Crippen MR) is 69.2 cm³/mol. The van der Waals surface area contributed by atoms with E-state index < -0.39 is 0 Å². The molecule has 0 amide bonds. The highest BCUT2D eigenvalue weighted by molar-refractivity contribution is 9.11. The van der Waals surface area contributed by atoms with Crippen LogP contribution >= 0.6 is 50.5 Å². The lowest BCUT2D eigenvalue weighted by Crippen LogP contribution is -2.18. The maximum atomic E-state index is 6.45. The Morgan fingerprint density at radius 3 is 2.67 bits per heavy atom. The standard InChI is InChI=1S/C10H11BrCl2OS/c11-10-7(12)5-8(15-10)9(13)6-1-3-14-4-2-6/h5-6,9H,1-4H2. The second-order valence-corrected chi connectivity index (χ2v) is 6.90. The van der Waals surface area contributed by atoms with Gasteiger partial charge >= 0.3 is 0 Å². The Bertz CT molecular complexity index is 317. The van der Waals surface area contributed by atoms with Crippen molar-refractivity contribution < 1.29 is 4.74 Å². The van der Waals surface area contributed by atoms with E-state index in [0.717, 1.165) is 39.7 Å². The summed E-state index contributed by atoms with van der Waals surface area (Å²) in [4.78, 5) is 1.15. The molecule has 1 fully saturated rings. The Balaban J connectivity index is 2.08. The van der Waals surface area contributed by atoms with Crippen LogP contribution in [0.1, 0.15) is 23.1 Å². The number of alkyl halides is 1. The molecule has 0 N–H and O–H groups in total. The van der Waals surface area contributed by atoms with Gasteiger partial charge in [-0.15, -0.1) is 22.9 Å². The van der Waals surface area contributed by atoms with Crippen LogP contribution in [-0.4, -0.2) is 13.2 Å². The average Bonchev–Trinajstić information content (AvgIpc) is 2.59. The zero-order chi connectivity index (χ0) is 10.8. The molecule has 1 atom stereocenters. The molecule has 15 heavy (non-hydrogen) atoms. The van der Waals surface area contributed by atoms with Gasteiger partial charge in [-0.3, -0.25) is 0 Å².